The highest BCUT2D eigenvalue weighted by Gasteiger charge is 2.28. The predicted molar refractivity (Wildman–Crippen MR) is 77.5 cm³/mol. The third kappa shape index (κ3) is 3.95. The van der Waals surface area contributed by atoms with E-state index < -0.39 is 5.97 Å². The number of aromatic nitrogens is 1. The molecule has 1 atom stereocenters. The Morgan fingerprint density at radius 3 is 2.55 bits per heavy atom. The van der Waals surface area contributed by atoms with Crippen molar-refractivity contribution in [2.24, 2.45) is 5.41 Å². The van der Waals surface area contributed by atoms with Crippen molar-refractivity contribution in [3.8, 4) is 6.07 Å². The van der Waals surface area contributed by atoms with Crippen molar-refractivity contribution >= 4 is 11.8 Å². The minimum absolute atomic E-state index is 0.0248. The normalized spacial score (nSPS) is 12.6. The maximum atomic E-state index is 11.0. The van der Waals surface area contributed by atoms with Gasteiger partial charge in [-0.15, -0.1) is 0 Å². The van der Waals surface area contributed by atoms with Gasteiger partial charge in [-0.1, -0.05) is 20.8 Å². The molecule has 1 aromatic rings. The number of hydrogen-bond acceptors (Lipinski definition) is 4. The van der Waals surface area contributed by atoms with Gasteiger partial charge in [0, 0.05) is 11.7 Å². The number of pyridine rings is 1. The van der Waals surface area contributed by atoms with Crippen LogP contribution in [-0.4, -0.2) is 22.1 Å². The van der Waals surface area contributed by atoms with Crippen LogP contribution in [-0.2, 0) is 4.79 Å². The highest BCUT2D eigenvalue weighted by Crippen LogP contribution is 2.27. The fourth-order valence-corrected chi connectivity index (χ4v) is 2.00. The molecule has 0 radical (unpaired) electrons. The van der Waals surface area contributed by atoms with Crippen LogP contribution in [0.3, 0.4) is 0 Å². The Morgan fingerprint density at radius 2 is 2.10 bits per heavy atom. The van der Waals surface area contributed by atoms with Crippen LogP contribution in [0.5, 0.6) is 0 Å². The number of nitrogens with one attached hydrogen (secondary N) is 1. The maximum Gasteiger partial charge on any atom is 0.305 e. The molecule has 0 amide bonds. The molecule has 1 unspecified atom stereocenters. The highest BCUT2D eigenvalue weighted by atomic mass is 16.4. The molecule has 0 aromatic carbocycles. The Labute approximate surface area is 119 Å². The quantitative estimate of drug-likeness (QED) is 0.882. The van der Waals surface area contributed by atoms with Gasteiger partial charge in [0.15, 0.2) is 0 Å². The summed E-state index contributed by atoms with van der Waals surface area (Å²) in [6.07, 6.45) is -0.0248. The van der Waals surface area contributed by atoms with E-state index in [1.807, 2.05) is 40.7 Å². The first-order valence-corrected chi connectivity index (χ1v) is 6.52. The van der Waals surface area contributed by atoms with Gasteiger partial charge in [-0.25, -0.2) is 4.98 Å². The first-order valence-electron chi connectivity index (χ1n) is 6.52. The van der Waals surface area contributed by atoms with E-state index in [4.69, 9.17) is 5.11 Å². The zero-order chi connectivity index (χ0) is 15.5. The Balaban J connectivity index is 3.18. The number of anilines is 1. The van der Waals surface area contributed by atoms with E-state index in [0.717, 1.165) is 11.3 Å². The van der Waals surface area contributed by atoms with Crippen molar-refractivity contribution in [2.75, 3.05) is 5.32 Å². The van der Waals surface area contributed by atoms with E-state index in [1.165, 1.54) is 0 Å². The number of hydrogen-bond donors (Lipinski definition) is 2. The summed E-state index contributed by atoms with van der Waals surface area (Å²) < 4.78 is 0. The fourth-order valence-electron chi connectivity index (χ4n) is 2.00. The summed E-state index contributed by atoms with van der Waals surface area (Å²) in [4.78, 5) is 15.3. The number of carbonyl (C=O) groups is 1. The third-order valence-corrected chi connectivity index (χ3v) is 3.19. The van der Waals surface area contributed by atoms with E-state index in [2.05, 4.69) is 16.4 Å². The van der Waals surface area contributed by atoms with Gasteiger partial charge in [0.1, 0.15) is 11.9 Å². The minimum Gasteiger partial charge on any atom is -0.481 e. The molecule has 0 aliphatic rings. The molecule has 1 rings (SSSR count). The molecule has 20 heavy (non-hydrogen) atoms. The van der Waals surface area contributed by atoms with E-state index in [1.54, 1.807) is 0 Å². The van der Waals surface area contributed by atoms with Gasteiger partial charge in [0.05, 0.1) is 12.0 Å². The number of rotatable bonds is 4. The van der Waals surface area contributed by atoms with Crippen molar-refractivity contribution < 1.29 is 9.90 Å². The molecular weight excluding hydrogens is 254 g/mol. The van der Waals surface area contributed by atoms with Crippen molar-refractivity contribution in [1.82, 2.24) is 4.98 Å². The Hall–Kier alpha value is -2.09. The monoisotopic (exact) mass is 275 g/mol. The van der Waals surface area contributed by atoms with Gasteiger partial charge in [0.2, 0.25) is 0 Å². The van der Waals surface area contributed by atoms with Crippen LogP contribution >= 0.6 is 0 Å². The van der Waals surface area contributed by atoms with Crippen LogP contribution in [0.2, 0.25) is 0 Å². The fraction of sp³-hybridized carbons (Fsp3) is 0.533. The second-order valence-corrected chi connectivity index (χ2v) is 6.08. The first kappa shape index (κ1) is 16.0. The summed E-state index contributed by atoms with van der Waals surface area (Å²) in [6, 6.07) is 3.66. The second kappa shape index (κ2) is 5.91. The third-order valence-electron chi connectivity index (χ3n) is 3.19. The molecule has 0 aliphatic heterocycles. The molecule has 0 saturated heterocycles. The molecule has 5 nitrogen and oxygen atoms in total. The van der Waals surface area contributed by atoms with Crippen molar-refractivity contribution in [1.29, 1.82) is 5.26 Å². The average Bonchev–Trinajstić information content (AvgIpc) is 2.25. The zero-order valence-corrected chi connectivity index (χ0v) is 12.6. The molecule has 0 saturated carbocycles. The summed E-state index contributed by atoms with van der Waals surface area (Å²) in [5.41, 5.74) is 1.84. The van der Waals surface area contributed by atoms with Crippen molar-refractivity contribution in [3.05, 3.63) is 22.9 Å². The molecule has 1 aromatic heterocycles. The largest absolute Gasteiger partial charge is 0.481 e. The molecular formula is C15H21N3O2. The predicted octanol–water partition coefficient (Wildman–Crippen LogP) is 2.87. The van der Waals surface area contributed by atoms with Crippen LogP contribution in [0.15, 0.2) is 6.07 Å². The molecule has 0 spiro atoms. The average molecular weight is 275 g/mol. The lowest BCUT2D eigenvalue weighted by atomic mass is 9.84. The van der Waals surface area contributed by atoms with Gasteiger partial charge in [-0.2, -0.15) is 5.26 Å². The molecule has 108 valence electrons. The number of nitrogens with zero attached hydrogens (tertiary/aromatic N) is 2. The highest BCUT2D eigenvalue weighted by molar-refractivity contribution is 5.69. The first-order chi connectivity index (χ1) is 9.15. The summed E-state index contributed by atoms with van der Waals surface area (Å²) >= 11 is 0. The molecule has 2 N–H and O–H groups in total. The number of carboxylic acid groups (broad SMARTS) is 1. The zero-order valence-electron chi connectivity index (χ0n) is 12.6. The lowest BCUT2D eigenvalue weighted by molar-refractivity contribution is -0.137. The van der Waals surface area contributed by atoms with E-state index in [0.29, 0.717) is 11.4 Å². The number of nitriles is 1. The van der Waals surface area contributed by atoms with Crippen LogP contribution in [0, 0.1) is 30.6 Å². The summed E-state index contributed by atoms with van der Waals surface area (Å²) in [5.74, 6) is -0.411. The lowest BCUT2D eigenvalue weighted by Gasteiger charge is -2.31. The van der Waals surface area contributed by atoms with Crippen molar-refractivity contribution in [2.45, 2.75) is 47.1 Å². The van der Waals surface area contributed by atoms with Gasteiger partial charge < -0.3 is 10.4 Å². The topological polar surface area (TPSA) is 86.0 Å². The van der Waals surface area contributed by atoms with Gasteiger partial charge in [-0.05, 0) is 30.9 Å². The summed E-state index contributed by atoms with van der Waals surface area (Å²) in [5, 5.41) is 21.4. The number of aliphatic carboxylic acids is 1. The minimum atomic E-state index is -0.875. The van der Waals surface area contributed by atoms with E-state index >= 15 is 0 Å². The van der Waals surface area contributed by atoms with Gasteiger partial charge >= 0.3 is 5.97 Å². The van der Waals surface area contributed by atoms with E-state index in [9.17, 15) is 10.1 Å². The van der Waals surface area contributed by atoms with Gasteiger partial charge in [0.25, 0.3) is 0 Å². The summed E-state index contributed by atoms with van der Waals surface area (Å²) in [6.45, 7) is 9.58. The van der Waals surface area contributed by atoms with Gasteiger partial charge in [-0.3, -0.25) is 4.79 Å². The molecule has 5 heteroatoms. The second-order valence-electron chi connectivity index (χ2n) is 6.08. The van der Waals surface area contributed by atoms with Crippen molar-refractivity contribution in [3.63, 3.8) is 0 Å². The molecule has 0 fully saturated rings. The summed E-state index contributed by atoms with van der Waals surface area (Å²) in [7, 11) is 0. The van der Waals surface area contributed by atoms with Crippen LogP contribution in [0.25, 0.3) is 0 Å². The number of carboxylic acids is 1. The number of aryl methyl sites for hydroxylation is 2. The maximum absolute atomic E-state index is 11.0. The molecule has 0 aliphatic carbocycles. The Morgan fingerprint density at radius 1 is 1.50 bits per heavy atom. The Bertz CT molecular complexity index is 553. The molecule has 1 heterocycles. The smallest absolute Gasteiger partial charge is 0.305 e. The van der Waals surface area contributed by atoms with E-state index in [-0.39, 0.29) is 17.9 Å². The van der Waals surface area contributed by atoms with Crippen LogP contribution in [0.4, 0.5) is 5.82 Å². The van der Waals surface area contributed by atoms with Crippen LogP contribution in [0.1, 0.15) is 44.0 Å². The molecule has 0 bridgehead atoms. The SMILES string of the molecule is Cc1cc(C)c(C#N)c(NC(CC(=O)O)C(C)(C)C)n1. The Kier molecular flexibility index (Phi) is 4.72. The van der Waals surface area contributed by atoms with Crippen LogP contribution < -0.4 is 5.32 Å². The standard InChI is InChI=1S/C15H21N3O2/c1-9-6-10(2)17-14(11(9)8-16)18-12(7-13(19)20)15(3,4)5/h6,12H,7H2,1-5H3,(H,17,18)(H,19,20). The lowest BCUT2D eigenvalue weighted by Crippen LogP contribution is -2.36.